The second-order valence-electron chi connectivity index (χ2n) is 4.60. The summed E-state index contributed by atoms with van der Waals surface area (Å²) in [7, 11) is -4.22. The molecule has 114 valence electrons. The zero-order valence-corrected chi connectivity index (χ0v) is 11.6. The SMILES string of the molecule is NS(=O)(=O)c1ccc(O)c2c(=O)c3c(O)cc(O)cc3oc12. The van der Waals surface area contributed by atoms with Crippen molar-refractivity contribution in [1.82, 2.24) is 0 Å². The van der Waals surface area contributed by atoms with Crippen LogP contribution in [-0.2, 0) is 10.0 Å². The second kappa shape index (κ2) is 4.36. The zero-order valence-electron chi connectivity index (χ0n) is 10.8. The van der Waals surface area contributed by atoms with E-state index >= 15 is 0 Å². The van der Waals surface area contributed by atoms with E-state index in [1.165, 1.54) is 0 Å². The van der Waals surface area contributed by atoms with Crippen molar-refractivity contribution in [2.24, 2.45) is 5.14 Å². The summed E-state index contributed by atoms with van der Waals surface area (Å²) in [5.74, 6) is -1.47. The predicted octanol–water partition coefficient (Wildman–Crippen LogP) is 0.710. The first kappa shape index (κ1) is 14.2. The topological polar surface area (TPSA) is 151 Å². The van der Waals surface area contributed by atoms with Gasteiger partial charge in [-0.05, 0) is 12.1 Å². The standard InChI is InChI=1S/C13H9NO7S/c14-22(19,20)9-2-1-6(16)11-12(18)10-7(17)3-5(15)4-8(10)21-13(9)11/h1-4,15-17H,(H2,14,19,20). The van der Waals surface area contributed by atoms with Gasteiger partial charge < -0.3 is 19.7 Å². The first-order chi connectivity index (χ1) is 10.2. The summed E-state index contributed by atoms with van der Waals surface area (Å²) >= 11 is 0. The van der Waals surface area contributed by atoms with Crippen LogP contribution >= 0.6 is 0 Å². The summed E-state index contributed by atoms with van der Waals surface area (Å²) in [4.78, 5) is 11.9. The van der Waals surface area contributed by atoms with Gasteiger partial charge in [0, 0.05) is 12.1 Å². The molecule has 0 spiro atoms. The van der Waals surface area contributed by atoms with E-state index in [0.717, 1.165) is 24.3 Å². The van der Waals surface area contributed by atoms with Gasteiger partial charge in [0.05, 0.1) is 0 Å². The minimum Gasteiger partial charge on any atom is -0.508 e. The van der Waals surface area contributed by atoms with Gasteiger partial charge in [0.25, 0.3) is 0 Å². The van der Waals surface area contributed by atoms with Crippen molar-refractivity contribution in [3.05, 3.63) is 34.5 Å². The molecule has 2 aromatic carbocycles. The normalized spacial score (nSPS) is 12.0. The number of benzene rings is 2. The van der Waals surface area contributed by atoms with Gasteiger partial charge in [-0.2, -0.15) is 0 Å². The lowest BCUT2D eigenvalue weighted by Crippen LogP contribution is -2.14. The molecule has 0 radical (unpaired) electrons. The molecular formula is C13H9NO7S. The Bertz CT molecular complexity index is 1100. The van der Waals surface area contributed by atoms with Crippen molar-refractivity contribution >= 4 is 32.0 Å². The molecule has 5 N–H and O–H groups in total. The number of nitrogens with two attached hydrogens (primary N) is 1. The number of phenolic OH excluding ortho intramolecular Hbond substituents is 3. The van der Waals surface area contributed by atoms with Crippen molar-refractivity contribution < 1.29 is 28.2 Å². The molecule has 9 heteroatoms. The van der Waals surface area contributed by atoms with Gasteiger partial charge in [-0.25, -0.2) is 13.6 Å². The van der Waals surface area contributed by atoms with Crippen LogP contribution in [0, 0.1) is 0 Å². The van der Waals surface area contributed by atoms with Gasteiger partial charge in [-0.1, -0.05) is 0 Å². The highest BCUT2D eigenvalue weighted by Crippen LogP contribution is 2.34. The fraction of sp³-hybridized carbons (Fsp3) is 0. The Hall–Kier alpha value is -2.78. The Morgan fingerprint density at radius 2 is 1.68 bits per heavy atom. The van der Waals surface area contributed by atoms with Gasteiger partial charge in [0.15, 0.2) is 5.58 Å². The number of fused-ring (bicyclic) bond motifs is 2. The van der Waals surface area contributed by atoms with E-state index in [4.69, 9.17) is 9.56 Å². The molecule has 22 heavy (non-hydrogen) atoms. The molecule has 1 heterocycles. The maximum atomic E-state index is 12.4. The molecule has 1 aromatic heterocycles. The molecule has 0 aliphatic carbocycles. The molecular weight excluding hydrogens is 314 g/mol. The molecule has 0 saturated carbocycles. The summed E-state index contributed by atoms with van der Waals surface area (Å²) in [5.41, 5.74) is -1.55. The van der Waals surface area contributed by atoms with Crippen molar-refractivity contribution in [2.75, 3.05) is 0 Å². The lowest BCUT2D eigenvalue weighted by atomic mass is 10.1. The minimum atomic E-state index is -4.22. The number of aromatic hydroxyl groups is 3. The molecule has 0 saturated heterocycles. The average molecular weight is 323 g/mol. The fourth-order valence-electron chi connectivity index (χ4n) is 2.23. The molecule has 8 nitrogen and oxygen atoms in total. The Morgan fingerprint density at radius 3 is 2.32 bits per heavy atom. The lowest BCUT2D eigenvalue weighted by molar-refractivity contribution is 0.452. The zero-order chi connectivity index (χ0) is 16.2. The summed E-state index contributed by atoms with van der Waals surface area (Å²) < 4.78 is 28.4. The Kier molecular flexibility index (Phi) is 2.81. The first-order valence-corrected chi connectivity index (χ1v) is 7.42. The first-order valence-electron chi connectivity index (χ1n) is 5.87. The third-order valence-corrected chi connectivity index (χ3v) is 4.07. The average Bonchev–Trinajstić information content (AvgIpc) is 2.35. The molecule has 0 atom stereocenters. The van der Waals surface area contributed by atoms with Crippen LogP contribution in [0.5, 0.6) is 17.2 Å². The molecule has 3 aromatic rings. The smallest absolute Gasteiger partial charge is 0.241 e. The monoisotopic (exact) mass is 323 g/mol. The van der Waals surface area contributed by atoms with Crippen molar-refractivity contribution in [3.8, 4) is 17.2 Å². The third kappa shape index (κ3) is 1.95. The molecule has 0 aliphatic rings. The largest absolute Gasteiger partial charge is 0.508 e. The summed E-state index contributed by atoms with van der Waals surface area (Å²) in [5, 5.41) is 33.4. The van der Waals surface area contributed by atoms with Gasteiger partial charge in [-0.3, -0.25) is 4.79 Å². The molecule has 0 unspecified atom stereocenters. The van der Waals surface area contributed by atoms with E-state index in [-0.39, 0.29) is 16.7 Å². The third-order valence-electron chi connectivity index (χ3n) is 3.14. The van der Waals surface area contributed by atoms with E-state index in [9.17, 15) is 28.5 Å². The van der Waals surface area contributed by atoms with Crippen LogP contribution in [0.4, 0.5) is 0 Å². The number of sulfonamides is 1. The van der Waals surface area contributed by atoms with Gasteiger partial charge in [-0.15, -0.1) is 0 Å². The molecule has 0 fully saturated rings. The maximum Gasteiger partial charge on any atom is 0.241 e. The highest BCUT2D eigenvalue weighted by molar-refractivity contribution is 7.89. The molecule has 0 aliphatic heterocycles. The Labute approximate surface area is 122 Å². The summed E-state index contributed by atoms with van der Waals surface area (Å²) in [6.45, 7) is 0. The van der Waals surface area contributed by atoms with Crippen molar-refractivity contribution in [2.45, 2.75) is 4.90 Å². The molecule has 0 amide bonds. The van der Waals surface area contributed by atoms with Crippen LogP contribution in [0.2, 0.25) is 0 Å². The fourth-order valence-corrected chi connectivity index (χ4v) is 2.89. The van der Waals surface area contributed by atoms with Crippen LogP contribution in [0.3, 0.4) is 0 Å². The minimum absolute atomic E-state index is 0.245. The van der Waals surface area contributed by atoms with Crippen LogP contribution in [-0.4, -0.2) is 23.7 Å². The maximum absolute atomic E-state index is 12.4. The Balaban J connectivity index is 2.69. The summed E-state index contributed by atoms with van der Waals surface area (Å²) in [6, 6.07) is 3.94. The highest BCUT2D eigenvalue weighted by Gasteiger charge is 2.22. The van der Waals surface area contributed by atoms with Gasteiger partial charge in [0.2, 0.25) is 15.5 Å². The van der Waals surface area contributed by atoms with Crippen LogP contribution in [0.1, 0.15) is 0 Å². The molecule has 0 bridgehead atoms. The van der Waals surface area contributed by atoms with Gasteiger partial charge >= 0.3 is 0 Å². The predicted molar refractivity (Wildman–Crippen MR) is 76.4 cm³/mol. The number of phenols is 3. The van der Waals surface area contributed by atoms with E-state index in [1.807, 2.05) is 0 Å². The van der Waals surface area contributed by atoms with E-state index < -0.39 is 42.8 Å². The van der Waals surface area contributed by atoms with Crippen molar-refractivity contribution in [1.29, 1.82) is 0 Å². The van der Waals surface area contributed by atoms with Gasteiger partial charge in [0.1, 0.15) is 38.5 Å². The van der Waals surface area contributed by atoms with E-state index in [2.05, 4.69) is 0 Å². The van der Waals surface area contributed by atoms with E-state index in [0.29, 0.717) is 0 Å². The number of primary sulfonamides is 1. The van der Waals surface area contributed by atoms with E-state index in [1.54, 1.807) is 0 Å². The summed E-state index contributed by atoms with van der Waals surface area (Å²) in [6.07, 6.45) is 0. The lowest BCUT2D eigenvalue weighted by Gasteiger charge is -2.08. The number of hydrogen-bond acceptors (Lipinski definition) is 7. The quantitative estimate of drug-likeness (QED) is 0.481. The Morgan fingerprint density at radius 1 is 1.00 bits per heavy atom. The number of hydrogen-bond donors (Lipinski definition) is 4. The highest BCUT2D eigenvalue weighted by atomic mass is 32.2. The van der Waals surface area contributed by atoms with Crippen LogP contribution < -0.4 is 10.6 Å². The van der Waals surface area contributed by atoms with Crippen LogP contribution in [0.25, 0.3) is 21.9 Å². The van der Waals surface area contributed by atoms with Crippen molar-refractivity contribution in [3.63, 3.8) is 0 Å². The van der Waals surface area contributed by atoms with Crippen LogP contribution in [0.15, 0.2) is 38.4 Å². The second-order valence-corrected chi connectivity index (χ2v) is 6.13. The molecule has 3 rings (SSSR count). The number of rotatable bonds is 1.